The Labute approximate surface area is 265 Å². The van der Waals surface area contributed by atoms with E-state index in [1.807, 2.05) is 72.8 Å². The topological polar surface area (TPSA) is 105 Å². The first-order chi connectivity index (χ1) is 22.4. The van der Waals surface area contributed by atoms with Gasteiger partial charge in [0.15, 0.2) is 11.6 Å². The van der Waals surface area contributed by atoms with Crippen LogP contribution in [0.15, 0.2) is 125 Å². The summed E-state index contributed by atoms with van der Waals surface area (Å²) in [5, 5.41) is 9.95. The normalized spacial score (nSPS) is 28.7. The molecule has 0 spiro atoms. The molecule has 4 aromatic rings. The monoisotopic (exact) mass is 609 g/mol. The Kier molecular flexibility index (Phi) is 6.62. The zero-order chi connectivity index (χ0) is 31.6. The number of rotatable bonds is 5. The van der Waals surface area contributed by atoms with Crippen molar-refractivity contribution in [2.45, 2.75) is 30.8 Å². The minimum atomic E-state index is -1.36. The van der Waals surface area contributed by atoms with E-state index in [2.05, 4.69) is 0 Å². The van der Waals surface area contributed by atoms with Gasteiger partial charge in [0.05, 0.1) is 28.9 Å². The summed E-state index contributed by atoms with van der Waals surface area (Å²) in [6.07, 6.45) is 4.05. The van der Waals surface area contributed by atoms with Crippen LogP contribution in [0.3, 0.4) is 0 Å². The predicted molar refractivity (Wildman–Crippen MR) is 170 cm³/mol. The van der Waals surface area contributed by atoms with Crippen molar-refractivity contribution in [1.82, 2.24) is 0 Å². The van der Waals surface area contributed by atoms with E-state index in [1.54, 1.807) is 36.4 Å². The Balaban J connectivity index is 1.35. The third-order valence-corrected chi connectivity index (χ3v) is 10.5. The highest BCUT2D eigenvalue weighted by Gasteiger charge is 2.66. The first-order valence-electron chi connectivity index (χ1n) is 15.7. The van der Waals surface area contributed by atoms with Crippen molar-refractivity contribution < 1.29 is 28.7 Å². The van der Waals surface area contributed by atoms with Crippen molar-refractivity contribution in [2.75, 3.05) is 4.90 Å². The zero-order valence-electron chi connectivity index (χ0n) is 24.9. The van der Waals surface area contributed by atoms with Gasteiger partial charge in [0, 0.05) is 11.5 Å². The minimum absolute atomic E-state index is 0.175. The lowest BCUT2D eigenvalue weighted by molar-refractivity contribution is -0.135. The number of carbonyl (C=O) groups excluding carboxylic acids is 4. The number of imide groups is 1. The van der Waals surface area contributed by atoms with Gasteiger partial charge in [-0.05, 0) is 60.2 Å². The number of Topliss-reactive ketones (excluding diaryl/α,β-unsaturated/α-hetero) is 1. The maximum absolute atomic E-state index is 14.9. The molecule has 228 valence electrons. The molecule has 7 nitrogen and oxygen atoms in total. The first kappa shape index (κ1) is 28.3. The van der Waals surface area contributed by atoms with Gasteiger partial charge in [0.25, 0.3) is 0 Å². The summed E-state index contributed by atoms with van der Waals surface area (Å²) >= 11 is 0. The van der Waals surface area contributed by atoms with Gasteiger partial charge in [-0.15, -0.1) is 0 Å². The van der Waals surface area contributed by atoms with E-state index in [0.29, 0.717) is 40.3 Å². The number of aliphatic hydroxyl groups is 1. The number of para-hydroxylation sites is 1. The van der Waals surface area contributed by atoms with E-state index >= 15 is 0 Å². The molecule has 0 radical (unpaired) electrons. The van der Waals surface area contributed by atoms with E-state index in [-0.39, 0.29) is 36.4 Å². The molecule has 1 saturated heterocycles. The quantitative estimate of drug-likeness (QED) is 0.227. The molecule has 0 bridgehead atoms. The average Bonchev–Trinajstić information content (AvgIpc) is 3.68. The van der Waals surface area contributed by atoms with Crippen molar-refractivity contribution in [3.05, 3.63) is 144 Å². The molecule has 2 amide bonds. The molecule has 4 aliphatic rings. The standard InChI is InChI=1S/C39H31NO6/c41-22-26-16-19-32(46-26)35-27-17-18-28-34(38(45)40(37(28)44)25-14-8-3-9-15-25)30(27)20-31-36(43)29(23-10-4-1-5-11-23)21-33(42)39(31,35)24-12-6-2-7-13-24/h1-17,19,21,28,30-31,34-35,41H,18,20,22H2. The van der Waals surface area contributed by atoms with Crippen LogP contribution in [-0.4, -0.2) is 28.5 Å². The summed E-state index contributed by atoms with van der Waals surface area (Å²) in [5.41, 5.74) is 1.68. The third-order valence-electron chi connectivity index (χ3n) is 10.5. The van der Waals surface area contributed by atoms with Gasteiger partial charge in [-0.2, -0.15) is 0 Å². The number of furan rings is 1. The Bertz CT molecular complexity index is 1940. The summed E-state index contributed by atoms with van der Waals surface area (Å²) < 4.78 is 6.22. The van der Waals surface area contributed by atoms with Crippen LogP contribution in [-0.2, 0) is 31.2 Å². The molecule has 8 rings (SSSR count). The van der Waals surface area contributed by atoms with E-state index in [1.165, 1.54) is 11.0 Å². The van der Waals surface area contributed by atoms with Crippen LogP contribution >= 0.6 is 0 Å². The Morgan fingerprint density at radius 1 is 0.783 bits per heavy atom. The molecule has 7 heteroatoms. The van der Waals surface area contributed by atoms with E-state index in [0.717, 1.165) is 5.57 Å². The van der Waals surface area contributed by atoms with Crippen LogP contribution in [0.2, 0.25) is 0 Å². The highest BCUT2D eigenvalue weighted by molar-refractivity contribution is 6.32. The smallest absolute Gasteiger partial charge is 0.238 e. The highest BCUT2D eigenvalue weighted by Crippen LogP contribution is 2.63. The number of ketones is 2. The van der Waals surface area contributed by atoms with Crippen LogP contribution in [0, 0.1) is 23.7 Å². The lowest BCUT2D eigenvalue weighted by Crippen LogP contribution is -2.58. The van der Waals surface area contributed by atoms with Crippen molar-refractivity contribution in [1.29, 1.82) is 0 Å². The number of allylic oxidation sites excluding steroid dienone is 4. The van der Waals surface area contributed by atoms with Crippen molar-refractivity contribution in [2.24, 2.45) is 23.7 Å². The molecule has 1 saturated carbocycles. The number of benzene rings is 3. The van der Waals surface area contributed by atoms with Gasteiger partial charge in [-0.3, -0.25) is 24.1 Å². The summed E-state index contributed by atoms with van der Waals surface area (Å²) in [7, 11) is 0. The zero-order valence-corrected chi connectivity index (χ0v) is 24.9. The second-order valence-electron chi connectivity index (χ2n) is 12.6. The summed E-state index contributed by atoms with van der Waals surface area (Å²) in [5.74, 6) is -3.46. The van der Waals surface area contributed by atoms with Crippen LogP contribution in [0.4, 0.5) is 5.69 Å². The number of anilines is 1. The van der Waals surface area contributed by atoms with Crippen molar-refractivity contribution in [3.8, 4) is 0 Å². The molecule has 1 N–H and O–H groups in total. The lowest BCUT2D eigenvalue weighted by atomic mass is 9.45. The fourth-order valence-electron chi connectivity index (χ4n) is 8.65. The molecule has 3 aromatic carbocycles. The number of carbonyl (C=O) groups is 4. The molecular weight excluding hydrogens is 578 g/mol. The van der Waals surface area contributed by atoms with Crippen LogP contribution in [0.1, 0.15) is 41.4 Å². The number of amides is 2. The largest absolute Gasteiger partial charge is 0.463 e. The average molecular weight is 610 g/mol. The Morgan fingerprint density at radius 2 is 1.46 bits per heavy atom. The highest BCUT2D eigenvalue weighted by atomic mass is 16.4. The fraction of sp³-hybridized carbons (Fsp3) is 0.231. The molecule has 1 aliphatic heterocycles. The maximum atomic E-state index is 14.9. The van der Waals surface area contributed by atoms with E-state index < -0.39 is 35.0 Å². The van der Waals surface area contributed by atoms with Gasteiger partial charge < -0.3 is 9.52 Å². The van der Waals surface area contributed by atoms with Crippen molar-refractivity contribution >= 4 is 34.6 Å². The maximum Gasteiger partial charge on any atom is 0.238 e. The fourth-order valence-corrected chi connectivity index (χ4v) is 8.65. The molecule has 3 aliphatic carbocycles. The molecule has 46 heavy (non-hydrogen) atoms. The van der Waals surface area contributed by atoms with Gasteiger partial charge in [0.1, 0.15) is 18.1 Å². The van der Waals surface area contributed by atoms with E-state index in [4.69, 9.17) is 4.42 Å². The van der Waals surface area contributed by atoms with Gasteiger partial charge in [-0.25, -0.2) is 0 Å². The van der Waals surface area contributed by atoms with E-state index in [9.17, 15) is 24.3 Å². The van der Waals surface area contributed by atoms with Gasteiger partial charge in [0.2, 0.25) is 11.8 Å². The number of fused-ring (bicyclic) bond motifs is 4. The first-order valence-corrected chi connectivity index (χ1v) is 15.7. The molecule has 2 fully saturated rings. The number of hydrogen-bond donors (Lipinski definition) is 1. The second kappa shape index (κ2) is 10.7. The third kappa shape index (κ3) is 3.94. The number of nitrogens with zero attached hydrogens (tertiary/aromatic N) is 1. The Hall–Kier alpha value is -5.14. The summed E-state index contributed by atoms with van der Waals surface area (Å²) in [6, 6.07) is 30.9. The van der Waals surface area contributed by atoms with Crippen molar-refractivity contribution in [3.63, 3.8) is 0 Å². The van der Waals surface area contributed by atoms with Gasteiger partial charge in [-0.1, -0.05) is 90.5 Å². The van der Waals surface area contributed by atoms with Crippen LogP contribution in [0.5, 0.6) is 0 Å². The second-order valence-corrected chi connectivity index (χ2v) is 12.6. The lowest BCUT2D eigenvalue weighted by Gasteiger charge is -2.54. The van der Waals surface area contributed by atoms with Gasteiger partial charge >= 0.3 is 0 Å². The summed E-state index contributed by atoms with van der Waals surface area (Å²) in [4.78, 5) is 59.2. The SMILES string of the molecule is O=C1C(c2ccccc2)=CC(=O)C2(c3ccccc3)C1CC1C(=CCC3C(=O)N(c4ccccc4)C(=O)C31)C2c1ccc(CO)o1. The molecule has 1 aromatic heterocycles. The predicted octanol–water partition coefficient (Wildman–Crippen LogP) is 5.80. The van der Waals surface area contributed by atoms with Crippen LogP contribution < -0.4 is 4.90 Å². The number of aliphatic hydroxyl groups excluding tert-OH is 1. The molecule has 6 unspecified atom stereocenters. The molecule has 6 atom stereocenters. The van der Waals surface area contributed by atoms with Crippen LogP contribution in [0.25, 0.3) is 5.57 Å². The Morgan fingerprint density at radius 3 is 2.13 bits per heavy atom. The number of hydrogen-bond acceptors (Lipinski definition) is 6. The molecular formula is C39H31NO6. The minimum Gasteiger partial charge on any atom is -0.463 e. The molecule has 2 heterocycles. The summed E-state index contributed by atoms with van der Waals surface area (Å²) in [6.45, 7) is -0.328.